The Hall–Kier alpha value is -1.45. The van der Waals surface area contributed by atoms with Gasteiger partial charge in [-0.25, -0.2) is 0 Å². The quantitative estimate of drug-likeness (QED) is 0.209. The maximum atomic E-state index is 12.8. The first-order valence-corrected chi connectivity index (χ1v) is 12.9. The SMILES string of the molecule is CCCCNC(=O)CC[Si](O)(O)[C@H](CC(C)C)NC(=O)[C@@H](NC(C)=O)[C@@H](C)CC. The minimum atomic E-state index is -3.90. The van der Waals surface area contributed by atoms with E-state index in [0.29, 0.717) is 19.4 Å². The Morgan fingerprint density at radius 1 is 1.03 bits per heavy atom. The van der Waals surface area contributed by atoms with Crippen molar-refractivity contribution in [2.45, 2.75) is 91.4 Å². The molecule has 0 aliphatic rings. The third-order valence-corrected chi connectivity index (χ3v) is 7.49. The average molecular weight is 432 g/mol. The van der Waals surface area contributed by atoms with Gasteiger partial charge < -0.3 is 25.5 Å². The molecule has 29 heavy (non-hydrogen) atoms. The van der Waals surface area contributed by atoms with Gasteiger partial charge in [-0.1, -0.05) is 47.5 Å². The second kappa shape index (κ2) is 13.7. The molecule has 0 radical (unpaired) electrons. The summed E-state index contributed by atoms with van der Waals surface area (Å²) in [6.07, 6.45) is 2.92. The van der Waals surface area contributed by atoms with Crippen molar-refractivity contribution in [1.29, 1.82) is 0 Å². The summed E-state index contributed by atoms with van der Waals surface area (Å²) in [6.45, 7) is 11.6. The first-order valence-electron chi connectivity index (χ1n) is 10.7. The van der Waals surface area contributed by atoms with E-state index in [0.717, 1.165) is 12.8 Å². The van der Waals surface area contributed by atoms with Gasteiger partial charge in [-0.05, 0) is 24.7 Å². The molecule has 0 fully saturated rings. The molecule has 0 spiro atoms. The normalized spacial score (nSPS) is 14.8. The van der Waals surface area contributed by atoms with Crippen LogP contribution in [-0.2, 0) is 14.4 Å². The molecular formula is C20H41N3O5Si. The molecule has 0 heterocycles. The lowest BCUT2D eigenvalue weighted by atomic mass is 9.98. The number of hydrogen-bond acceptors (Lipinski definition) is 5. The predicted molar refractivity (Wildman–Crippen MR) is 116 cm³/mol. The molecule has 0 rings (SSSR count). The first-order chi connectivity index (χ1) is 13.4. The van der Waals surface area contributed by atoms with E-state index in [9.17, 15) is 24.0 Å². The second-order valence-corrected chi connectivity index (χ2v) is 11.3. The van der Waals surface area contributed by atoms with Crippen molar-refractivity contribution in [2.24, 2.45) is 11.8 Å². The molecule has 0 saturated heterocycles. The molecule has 170 valence electrons. The summed E-state index contributed by atoms with van der Waals surface area (Å²) in [5.74, 6) is -0.938. The molecule has 0 unspecified atom stereocenters. The Balaban J connectivity index is 5.17. The lowest BCUT2D eigenvalue weighted by Crippen LogP contribution is -2.61. The van der Waals surface area contributed by atoms with E-state index in [2.05, 4.69) is 16.0 Å². The zero-order valence-electron chi connectivity index (χ0n) is 18.9. The Kier molecular flexibility index (Phi) is 13.0. The maximum Gasteiger partial charge on any atom is 0.356 e. The van der Waals surface area contributed by atoms with Crippen molar-refractivity contribution in [2.75, 3.05) is 6.54 Å². The number of hydrogen-bond donors (Lipinski definition) is 5. The number of nitrogens with one attached hydrogen (secondary N) is 3. The van der Waals surface area contributed by atoms with E-state index >= 15 is 0 Å². The van der Waals surface area contributed by atoms with Crippen molar-refractivity contribution in [1.82, 2.24) is 16.0 Å². The van der Waals surface area contributed by atoms with E-state index in [1.165, 1.54) is 6.92 Å². The molecule has 5 N–H and O–H groups in total. The molecule has 0 aromatic rings. The topological polar surface area (TPSA) is 128 Å². The Labute approximate surface area is 176 Å². The van der Waals surface area contributed by atoms with Crippen LogP contribution >= 0.6 is 0 Å². The standard InChI is InChI=1S/C20H41N3O5Si/c1-7-9-11-21-17(25)10-12-29(27,28)18(13-14(3)4)23-20(26)19(15(5)8-2)22-16(6)24/h14-15,18-19,27-28H,7-13H2,1-6H3,(H,21,25)(H,22,24)(H,23,26)/t15-,18+,19-/m0/s1. The fraction of sp³-hybridized carbons (Fsp3) is 0.850. The van der Waals surface area contributed by atoms with Crippen LogP contribution in [0.25, 0.3) is 0 Å². The Morgan fingerprint density at radius 2 is 1.66 bits per heavy atom. The second-order valence-electron chi connectivity index (χ2n) is 8.34. The molecule has 3 amide bonds. The minimum absolute atomic E-state index is 0.00783. The fourth-order valence-electron chi connectivity index (χ4n) is 2.98. The lowest BCUT2D eigenvalue weighted by Gasteiger charge is -2.32. The number of unbranched alkanes of at least 4 members (excludes halogenated alkanes) is 1. The van der Waals surface area contributed by atoms with Gasteiger partial charge in [0.05, 0.1) is 5.67 Å². The molecule has 0 aliphatic heterocycles. The van der Waals surface area contributed by atoms with Gasteiger partial charge in [0.1, 0.15) is 6.04 Å². The van der Waals surface area contributed by atoms with Crippen molar-refractivity contribution in [3.63, 3.8) is 0 Å². The van der Waals surface area contributed by atoms with Crippen LogP contribution < -0.4 is 16.0 Å². The smallest absolute Gasteiger partial charge is 0.356 e. The van der Waals surface area contributed by atoms with Crippen LogP contribution in [0.5, 0.6) is 0 Å². The minimum Gasteiger partial charge on any atom is -0.409 e. The van der Waals surface area contributed by atoms with Gasteiger partial charge in [-0.2, -0.15) is 0 Å². The first kappa shape index (κ1) is 27.5. The average Bonchev–Trinajstić information content (AvgIpc) is 2.63. The van der Waals surface area contributed by atoms with Gasteiger partial charge in [0.2, 0.25) is 17.7 Å². The molecule has 0 aromatic carbocycles. The van der Waals surface area contributed by atoms with Gasteiger partial charge in [0, 0.05) is 25.9 Å². The Morgan fingerprint density at radius 3 is 2.14 bits per heavy atom. The van der Waals surface area contributed by atoms with Gasteiger partial charge in [0.15, 0.2) is 0 Å². The molecule has 0 aromatic heterocycles. The van der Waals surface area contributed by atoms with Crippen LogP contribution in [0.4, 0.5) is 0 Å². The van der Waals surface area contributed by atoms with E-state index in [1.807, 2.05) is 34.6 Å². The van der Waals surface area contributed by atoms with Crippen molar-refractivity contribution >= 4 is 26.3 Å². The highest BCUT2D eigenvalue weighted by Gasteiger charge is 2.42. The van der Waals surface area contributed by atoms with Crippen LogP contribution in [0.3, 0.4) is 0 Å². The Bertz CT molecular complexity index is 528. The summed E-state index contributed by atoms with van der Waals surface area (Å²) < 4.78 is 0. The number of rotatable bonds is 14. The molecule has 8 nitrogen and oxygen atoms in total. The van der Waals surface area contributed by atoms with Crippen LogP contribution in [0.2, 0.25) is 6.04 Å². The van der Waals surface area contributed by atoms with Crippen LogP contribution in [0.1, 0.15) is 73.6 Å². The van der Waals surface area contributed by atoms with Gasteiger partial charge >= 0.3 is 8.56 Å². The maximum absolute atomic E-state index is 12.8. The van der Waals surface area contributed by atoms with Gasteiger partial charge in [0.25, 0.3) is 0 Å². The summed E-state index contributed by atoms with van der Waals surface area (Å²) in [6, 6.07) is -0.800. The molecular weight excluding hydrogens is 390 g/mol. The van der Waals surface area contributed by atoms with E-state index in [4.69, 9.17) is 0 Å². The van der Waals surface area contributed by atoms with E-state index in [-0.39, 0.29) is 36.1 Å². The fourth-order valence-corrected chi connectivity index (χ4v) is 5.15. The van der Waals surface area contributed by atoms with Crippen LogP contribution in [0.15, 0.2) is 0 Å². The number of carbonyl (C=O) groups is 3. The number of carbonyl (C=O) groups excluding carboxylic acids is 3. The van der Waals surface area contributed by atoms with Crippen molar-refractivity contribution < 1.29 is 24.0 Å². The third-order valence-electron chi connectivity index (χ3n) is 5.01. The highest BCUT2D eigenvalue weighted by molar-refractivity contribution is 6.66. The van der Waals surface area contributed by atoms with Crippen LogP contribution in [0, 0.1) is 11.8 Å². The summed E-state index contributed by atoms with van der Waals surface area (Å²) in [5.41, 5.74) is -0.821. The molecule has 0 aliphatic carbocycles. The summed E-state index contributed by atoms with van der Waals surface area (Å²) >= 11 is 0. The molecule has 0 bridgehead atoms. The molecule has 9 heteroatoms. The largest absolute Gasteiger partial charge is 0.409 e. The van der Waals surface area contributed by atoms with Crippen molar-refractivity contribution in [3.05, 3.63) is 0 Å². The predicted octanol–water partition coefficient (Wildman–Crippen LogP) is 1.34. The highest BCUT2D eigenvalue weighted by Crippen LogP contribution is 2.19. The van der Waals surface area contributed by atoms with Crippen LogP contribution in [-0.4, -0.2) is 54.1 Å². The summed E-state index contributed by atoms with van der Waals surface area (Å²) in [4.78, 5) is 57.8. The molecule has 0 saturated carbocycles. The van der Waals surface area contributed by atoms with E-state index < -0.39 is 26.2 Å². The molecule has 3 atom stereocenters. The van der Waals surface area contributed by atoms with Gasteiger partial charge in [-0.15, -0.1) is 0 Å². The monoisotopic (exact) mass is 431 g/mol. The summed E-state index contributed by atoms with van der Waals surface area (Å²) in [7, 11) is -3.90. The summed E-state index contributed by atoms with van der Waals surface area (Å²) in [5, 5.41) is 8.18. The zero-order chi connectivity index (χ0) is 22.6. The number of amides is 3. The highest BCUT2D eigenvalue weighted by atomic mass is 28.4. The zero-order valence-corrected chi connectivity index (χ0v) is 19.9. The van der Waals surface area contributed by atoms with Gasteiger partial charge in [-0.3, -0.25) is 14.4 Å². The lowest BCUT2D eigenvalue weighted by molar-refractivity contribution is -0.129. The third kappa shape index (κ3) is 11.3. The van der Waals surface area contributed by atoms with E-state index in [1.54, 1.807) is 0 Å². The van der Waals surface area contributed by atoms with Crippen molar-refractivity contribution in [3.8, 4) is 0 Å².